The molecule has 132 valence electrons. The Labute approximate surface area is 148 Å². The molecule has 0 radical (unpaired) electrons. The van der Waals surface area contributed by atoms with E-state index < -0.39 is 10.0 Å². The molecule has 6 heteroatoms. The van der Waals surface area contributed by atoms with E-state index in [-0.39, 0.29) is 5.94 Å². The summed E-state index contributed by atoms with van der Waals surface area (Å²) in [6, 6.07) is 13.3. The van der Waals surface area contributed by atoms with E-state index in [2.05, 4.69) is 4.72 Å². The lowest BCUT2D eigenvalue weighted by molar-refractivity contribution is 0.155. The quantitative estimate of drug-likeness (QED) is 0.894. The standard InChI is InChI=1S/C19H21NO4S/c21-25(22)13-23-18-8-4-7-17(19(18)20-25)14-9-11-16(12-10-14)24-15-5-2-1-3-6-15/h4,7-12,15,20H,1-3,5-6,13H2. The van der Waals surface area contributed by atoms with Gasteiger partial charge < -0.3 is 9.47 Å². The first-order valence-corrected chi connectivity index (χ1v) is 10.3. The summed E-state index contributed by atoms with van der Waals surface area (Å²) in [5.41, 5.74) is 2.21. The van der Waals surface area contributed by atoms with Gasteiger partial charge in [-0.1, -0.05) is 30.7 Å². The van der Waals surface area contributed by atoms with Crippen molar-refractivity contribution >= 4 is 15.7 Å². The molecule has 1 N–H and O–H groups in total. The van der Waals surface area contributed by atoms with Gasteiger partial charge in [0.2, 0.25) is 5.94 Å². The first-order chi connectivity index (χ1) is 12.1. The van der Waals surface area contributed by atoms with Crippen molar-refractivity contribution in [2.75, 3.05) is 10.7 Å². The van der Waals surface area contributed by atoms with Crippen molar-refractivity contribution in [3.05, 3.63) is 42.5 Å². The van der Waals surface area contributed by atoms with Gasteiger partial charge >= 0.3 is 0 Å². The Morgan fingerprint density at radius 2 is 1.76 bits per heavy atom. The van der Waals surface area contributed by atoms with Gasteiger partial charge in [-0.2, -0.15) is 0 Å². The lowest BCUT2D eigenvalue weighted by Crippen LogP contribution is -2.25. The average Bonchev–Trinajstić information content (AvgIpc) is 2.62. The van der Waals surface area contributed by atoms with Crippen LogP contribution in [0.25, 0.3) is 11.1 Å². The summed E-state index contributed by atoms with van der Waals surface area (Å²) in [5, 5.41) is 0. The van der Waals surface area contributed by atoms with Crippen molar-refractivity contribution in [1.29, 1.82) is 0 Å². The zero-order valence-corrected chi connectivity index (χ0v) is 14.7. The summed E-state index contributed by atoms with van der Waals surface area (Å²) in [4.78, 5) is 0. The molecule has 4 rings (SSSR count). The number of nitrogens with one attached hydrogen (secondary N) is 1. The highest BCUT2D eigenvalue weighted by Gasteiger charge is 2.24. The molecule has 0 unspecified atom stereocenters. The Kier molecular flexibility index (Phi) is 4.29. The Hall–Kier alpha value is -2.21. The van der Waals surface area contributed by atoms with Crippen molar-refractivity contribution in [2.24, 2.45) is 0 Å². The Balaban J connectivity index is 1.58. The van der Waals surface area contributed by atoms with Gasteiger partial charge in [0.05, 0.1) is 11.8 Å². The maximum absolute atomic E-state index is 11.8. The summed E-state index contributed by atoms with van der Waals surface area (Å²) in [7, 11) is -3.45. The van der Waals surface area contributed by atoms with Crippen molar-refractivity contribution in [2.45, 2.75) is 38.2 Å². The van der Waals surface area contributed by atoms with E-state index in [9.17, 15) is 8.42 Å². The third-order valence-corrected chi connectivity index (χ3v) is 5.62. The molecule has 1 saturated carbocycles. The maximum Gasteiger partial charge on any atom is 0.268 e. The van der Waals surface area contributed by atoms with E-state index in [1.54, 1.807) is 6.07 Å². The molecule has 2 aromatic rings. The third kappa shape index (κ3) is 3.58. The van der Waals surface area contributed by atoms with Crippen LogP contribution in [0.3, 0.4) is 0 Å². The van der Waals surface area contributed by atoms with Gasteiger partial charge in [0, 0.05) is 5.56 Å². The zero-order chi connectivity index (χ0) is 17.3. The number of rotatable bonds is 3. The van der Waals surface area contributed by atoms with Crippen molar-refractivity contribution in [1.82, 2.24) is 0 Å². The zero-order valence-electron chi connectivity index (χ0n) is 13.9. The highest BCUT2D eigenvalue weighted by atomic mass is 32.2. The molecule has 0 bridgehead atoms. The minimum atomic E-state index is -3.45. The maximum atomic E-state index is 11.8. The smallest absolute Gasteiger partial charge is 0.268 e. The van der Waals surface area contributed by atoms with Crippen LogP contribution in [0, 0.1) is 0 Å². The highest BCUT2D eigenvalue weighted by Crippen LogP contribution is 2.39. The van der Waals surface area contributed by atoms with Crippen LogP contribution in [0.15, 0.2) is 42.5 Å². The first kappa shape index (κ1) is 16.3. The van der Waals surface area contributed by atoms with Gasteiger partial charge in [-0.25, -0.2) is 8.42 Å². The number of para-hydroxylation sites is 1. The van der Waals surface area contributed by atoms with Crippen LogP contribution in [0.4, 0.5) is 5.69 Å². The van der Waals surface area contributed by atoms with Crippen molar-refractivity contribution in [3.8, 4) is 22.6 Å². The van der Waals surface area contributed by atoms with Crippen LogP contribution in [-0.4, -0.2) is 20.5 Å². The second kappa shape index (κ2) is 6.59. The molecule has 2 aliphatic rings. The molecular weight excluding hydrogens is 338 g/mol. The summed E-state index contributed by atoms with van der Waals surface area (Å²) in [6.07, 6.45) is 6.32. The van der Waals surface area contributed by atoms with Crippen LogP contribution in [0.5, 0.6) is 11.5 Å². The Morgan fingerprint density at radius 1 is 1.00 bits per heavy atom. The van der Waals surface area contributed by atoms with Crippen molar-refractivity contribution in [3.63, 3.8) is 0 Å². The minimum absolute atomic E-state index is 0.310. The van der Waals surface area contributed by atoms with Gasteiger partial charge in [-0.3, -0.25) is 4.72 Å². The summed E-state index contributed by atoms with van der Waals surface area (Å²) < 4.78 is 37.6. The Bertz CT molecular complexity index is 855. The van der Waals surface area contributed by atoms with Crippen LogP contribution in [0.1, 0.15) is 32.1 Å². The fourth-order valence-corrected chi connectivity index (χ4v) is 4.27. The van der Waals surface area contributed by atoms with E-state index in [1.807, 2.05) is 36.4 Å². The third-order valence-electron chi connectivity index (χ3n) is 4.67. The van der Waals surface area contributed by atoms with Crippen LogP contribution >= 0.6 is 0 Å². The Morgan fingerprint density at radius 3 is 2.52 bits per heavy atom. The van der Waals surface area contributed by atoms with E-state index in [0.717, 1.165) is 29.7 Å². The van der Waals surface area contributed by atoms with Gasteiger partial charge in [-0.15, -0.1) is 0 Å². The summed E-state index contributed by atoms with van der Waals surface area (Å²) >= 11 is 0. The number of fused-ring (bicyclic) bond motifs is 1. The molecule has 1 fully saturated rings. The number of anilines is 1. The predicted octanol–water partition coefficient (Wildman–Crippen LogP) is 4.16. The molecule has 2 aromatic carbocycles. The van der Waals surface area contributed by atoms with E-state index in [4.69, 9.17) is 9.47 Å². The predicted molar refractivity (Wildman–Crippen MR) is 97.4 cm³/mol. The fourth-order valence-electron chi connectivity index (χ4n) is 3.41. The molecule has 0 aromatic heterocycles. The molecule has 5 nitrogen and oxygen atoms in total. The lowest BCUT2D eigenvalue weighted by atomic mass is 9.98. The molecule has 0 atom stereocenters. The number of ether oxygens (including phenoxy) is 2. The highest BCUT2D eigenvalue weighted by molar-refractivity contribution is 7.92. The van der Waals surface area contributed by atoms with E-state index in [1.165, 1.54) is 19.3 Å². The second-order valence-electron chi connectivity index (χ2n) is 6.56. The summed E-state index contributed by atoms with van der Waals surface area (Å²) in [6.45, 7) is 0. The monoisotopic (exact) mass is 359 g/mol. The number of hydrogen-bond donors (Lipinski definition) is 1. The number of sulfonamides is 1. The van der Waals surface area contributed by atoms with Gasteiger partial charge in [0.1, 0.15) is 11.5 Å². The number of benzene rings is 2. The topological polar surface area (TPSA) is 64.6 Å². The fraction of sp³-hybridized carbons (Fsp3) is 0.368. The average molecular weight is 359 g/mol. The van der Waals surface area contributed by atoms with Gasteiger partial charge in [0.15, 0.2) is 0 Å². The lowest BCUT2D eigenvalue weighted by Gasteiger charge is -2.23. The molecule has 1 aliphatic carbocycles. The molecule has 0 spiro atoms. The van der Waals surface area contributed by atoms with Crippen molar-refractivity contribution < 1.29 is 17.9 Å². The molecule has 1 aliphatic heterocycles. The normalized spacial score (nSPS) is 19.4. The first-order valence-electron chi connectivity index (χ1n) is 8.64. The second-order valence-corrected chi connectivity index (χ2v) is 8.23. The van der Waals surface area contributed by atoms with Crippen LogP contribution in [-0.2, 0) is 10.0 Å². The SMILES string of the molecule is O=S1(=O)COc2cccc(-c3ccc(OC4CCCCC4)cc3)c2N1. The van der Waals surface area contributed by atoms with Gasteiger partial charge in [0.25, 0.3) is 10.0 Å². The molecule has 0 amide bonds. The van der Waals surface area contributed by atoms with Crippen LogP contribution in [0.2, 0.25) is 0 Å². The van der Waals surface area contributed by atoms with E-state index in [0.29, 0.717) is 17.5 Å². The molecule has 0 saturated heterocycles. The minimum Gasteiger partial charge on any atom is -0.490 e. The molecule has 25 heavy (non-hydrogen) atoms. The van der Waals surface area contributed by atoms with Gasteiger partial charge in [-0.05, 0) is 49.4 Å². The largest absolute Gasteiger partial charge is 0.490 e. The van der Waals surface area contributed by atoms with E-state index >= 15 is 0 Å². The molecule has 1 heterocycles. The summed E-state index contributed by atoms with van der Waals surface area (Å²) in [5.74, 6) is 1.06. The van der Waals surface area contributed by atoms with Crippen LogP contribution < -0.4 is 14.2 Å². The molecular formula is C19H21NO4S. The number of hydrogen-bond acceptors (Lipinski definition) is 4.